The van der Waals surface area contributed by atoms with E-state index in [1.165, 1.54) is 10.6 Å². The summed E-state index contributed by atoms with van der Waals surface area (Å²) in [5.41, 5.74) is 0.665. The minimum Gasteiger partial charge on any atom is -0.443 e. The second kappa shape index (κ2) is 8.48. The van der Waals surface area contributed by atoms with E-state index in [9.17, 15) is 13.2 Å². The molecule has 0 bridgehead atoms. The van der Waals surface area contributed by atoms with Crippen LogP contribution in [0.5, 0.6) is 0 Å². The molecule has 1 saturated heterocycles. The Bertz CT molecular complexity index is 1370. The second-order valence-electron chi connectivity index (χ2n) is 9.44. The van der Waals surface area contributed by atoms with E-state index in [-0.39, 0.29) is 38.1 Å². The topological polar surface area (TPSA) is 117 Å². The van der Waals surface area contributed by atoms with Crippen molar-refractivity contribution in [3.8, 4) is 11.3 Å². The van der Waals surface area contributed by atoms with Crippen LogP contribution >= 0.6 is 0 Å². The Hall–Kier alpha value is -3.30. The lowest BCUT2D eigenvalue weighted by atomic mass is 9.92. The third kappa shape index (κ3) is 4.17. The minimum atomic E-state index is -3.32. The summed E-state index contributed by atoms with van der Waals surface area (Å²) < 4.78 is 34.6. The molecule has 0 N–H and O–H groups in total. The van der Waals surface area contributed by atoms with Crippen molar-refractivity contribution in [3.63, 3.8) is 0 Å². The molecular weight excluding hydrogens is 458 g/mol. The van der Waals surface area contributed by atoms with E-state index >= 15 is 0 Å². The van der Waals surface area contributed by atoms with E-state index in [1.807, 2.05) is 6.07 Å². The van der Waals surface area contributed by atoms with Gasteiger partial charge >= 0.3 is 5.97 Å². The summed E-state index contributed by atoms with van der Waals surface area (Å²) in [4.78, 5) is 24.4. The summed E-state index contributed by atoms with van der Waals surface area (Å²) >= 11 is 0. The highest BCUT2D eigenvalue weighted by Gasteiger charge is 2.52. The number of carbonyl (C=O) groups excluding carboxylic acids is 1. The van der Waals surface area contributed by atoms with Crippen molar-refractivity contribution in [3.05, 3.63) is 42.4 Å². The molecule has 34 heavy (non-hydrogen) atoms. The predicted molar refractivity (Wildman–Crippen MR) is 125 cm³/mol. The van der Waals surface area contributed by atoms with Gasteiger partial charge < -0.3 is 9.58 Å². The lowest BCUT2D eigenvalue weighted by molar-refractivity contribution is -0.156. The number of aromatic nitrogens is 5. The molecule has 0 atom stereocenters. The van der Waals surface area contributed by atoms with Crippen molar-refractivity contribution < 1.29 is 17.9 Å². The lowest BCUT2D eigenvalue weighted by Crippen LogP contribution is -2.65. The first-order chi connectivity index (χ1) is 16.0. The van der Waals surface area contributed by atoms with Crippen LogP contribution in [0.3, 0.4) is 0 Å². The second-order valence-corrected chi connectivity index (χ2v) is 11.7. The van der Waals surface area contributed by atoms with Crippen molar-refractivity contribution in [1.29, 1.82) is 0 Å². The summed E-state index contributed by atoms with van der Waals surface area (Å²) in [7, 11) is -3.32. The number of nitrogens with zero attached hydrogens (tertiary/aromatic N) is 7. The normalized spacial score (nSPS) is 16.2. The van der Waals surface area contributed by atoms with E-state index < -0.39 is 21.0 Å². The van der Waals surface area contributed by atoms with Gasteiger partial charge in [0.2, 0.25) is 16.6 Å². The Morgan fingerprint density at radius 2 is 2.03 bits per heavy atom. The monoisotopic (exact) mass is 485 g/mol. The van der Waals surface area contributed by atoms with Gasteiger partial charge in [-0.3, -0.25) is 14.0 Å². The number of hydrogen-bond donors (Lipinski definition) is 0. The summed E-state index contributed by atoms with van der Waals surface area (Å²) in [6, 6.07) is 1.85. The largest absolute Gasteiger partial charge is 0.443 e. The van der Waals surface area contributed by atoms with Gasteiger partial charge in [-0.25, -0.2) is 25.0 Å². The molecule has 4 heterocycles. The van der Waals surface area contributed by atoms with Crippen LogP contribution in [-0.2, 0) is 31.8 Å². The molecule has 0 aliphatic carbocycles. The summed E-state index contributed by atoms with van der Waals surface area (Å²) in [6.07, 6.45) is 6.66. The van der Waals surface area contributed by atoms with Crippen LogP contribution in [0.1, 0.15) is 27.7 Å². The maximum absolute atomic E-state index is 12.2. The van der Waals surface area contributed by atoms with Gasteiger partial charge in [-0.1, -0.05) is 0 Å². The first-order valence-corrected chi connectivity index (χ1v) is 12.5. The van der Waals surface area contributed by atoms with E-state index in [0.29, 0.717) is 11.3 Å². The van der Waals surface area contributed by atoms with Crippen LogP contribution in [0, 0.1) is 12.0 Å². The van der Waals surface area contributed by atoms with Gasteiger partial charge in [0.15, 0.2) is 12.3 Å². The van der Waals surface area contributed by atoms with Gasteiger partial charge in [-0.05, 0) is 33.8 Å². The van der Waals surface area contributed by atoms with Crippen molar-refractivity contribution in [2.24, 2.45) is 5.41 Å². The lowest BCUT2D eigenvalue weighted by Gasteiger charge is -2.45. The average molecular weight is 486 g/mol. The maximum Gasteiger partial charge on any atom is 0.312 e. The van der Waals surface area contributed by atoms with Crippen LogP contribution in [0.2, 0.25) is 0 Å². The van der Waals surface area contributed by atoms with Crippen LogP contribution in [0.4, 0.5) is 0 Å². The quantitative estimate of drug-likeness (QED) is 0.372. The SMILES string of the molecule is [C-]#[N+]CC1(n2cc(-c3ncnc4c3ccn4COC(=O)C(C)(C)C)cn2)CN(S(=O)(=O)CC)C1. The van der Waals surface area contributed by atoms with E-state index in [0.717, 1.165) is 10.9 Å². The molecule has 11 nitrogen and oxygen atoms in total. The molecule has 12 heteroatoms. The predicted octanol–water partition coefficient (Wildman–Crippen LogP) is 2.12. The minimum absolute atomic E-state index is 0.0203. The number of sulfonamides is 1. The van der Waals surface area contributed by atoms with Crippen molar-refractivity contribution in [2.45, 2.75) is 40.0 Å². The molecule has 3 aromatic heterocycles. The van der Waals surface area contributed by atoms with Crippen molar-refractivity contribution >= 4 is 27.0 Å². The molecule has 0 unspecified atom stereocenters. The Morgan fingerprint density at radius 1 is 1.29 bits per heavy atom. The maximum atomic E-state index is 12.2. The van der Waals surface area contributed by atoms with Gasteiger partial charge in [0.25, 0.3) is 0 Å². The number of ether oxygens (including phenoxy) is 1. The zero-order chi connectivity index (χ0) is 24.7. The molecular formula is C22H27N7O4S. The van der Waals surface area contributed by atoms with Gasteiger partial charge in [-0.15, -0.1) is 0 Å². The zero-order valence-corrected chi connectivity index (χ0v) is 20.4. The van der Waals surface area contributed by atoms with E-state index in [4.69, 9.17) is 11.3 Å². The van der Waals surface area contributed by atoms with Gasteiger partial charge in [0.05, 0.1) is 23.1 Å². The molecule has 4 rings (SSSR count). The zero-order valence-electron chi connectivity index (χ0n) is 19.6. The molecule has 1 aliphatic rings. The summed E-state index contributed by atoms with van der Waals surface area (Å²) in [5.74, 6) is -0.290. The number of hydrogen-bond acceptors (Lipinski definition) is 7. The van der Waals surface area contributed by atoms with Crippen molar-refractivity contribution in [2.75, 3.05) is 25.4 Å². The standard InChI is InChI=1S/C22H27N7O4S/c1-6-34(31,32)28-12-22(13-28,11-23-5)29-10-16(9-26-29)18-17-7-8-27(19(17)25-14-24-18)15-33-20(30)21(2,3)4/h7-10,14H,6,11-13,15H2,1-4H3. The van der Waals surface area contributed by atoms with Gasteiger partial charge in [0, 0.05) is 36.4 Å². The van der Waals surface area contributed by atoms with Gasteiger partial charge in [-0.2, -0.15) is 9.40 Å². The molecule has 180 valence electrons. The summed E-state index contributed by atoms with van der Waals surface area (Å²) in [5, 5.41) is 5.22. The molecule has 0 saturated carbocycles. The number of esters is 1. The van der Waals surface area contributed by atoms with Crippen LogP contribution in [0.25, 0.3) is 27.1 Å². The Labute approximate surface area is 198 Å². The molecule has 3 aromatic rings. The van der Waals surface area contributed by atoms with Crippen LogP contribution in [-0.4, -0.2) is 68.4 Å². The third-order valence-corrected chi connectivity index (χ3v) is 7.69. The first kappa shape index (κ1) is 23.8. The Morgan fingerprint density at radius 3 is 2.68 bits per heavy atom. The Balaban J connectivity index is 1.61. The fraction of sp³-hybridized carbons (Fsp3) is 0.500. The molecule has 0 radical (unpaired) electrons. The number of rotatable bonds is 7. The Kier molecular flexibility index (Phi) is 5.95. The highest BCUT2D eigenvalue weighted by molar-refractivity contribution is 7.89. The van der Waals surface area contributed by atoms with Gasteiger partial charge in [0.1, 0.15) is 12.0 Å². The van der Waals surface area contributed by atoms with Crippen LogP contribution in [0.15, 0.2) is 31.0 Å². The van der Waals surface area contributed by atoms with Crippen LogP contribution < -0.4 is 0 Å². The van der Waals surface area contributed by atoms with E-state index in [2.05, 4.69) is 19.9 Å². The van der Waals surface area contributed by atoms with E-state index in [1.54, 1.807) is 55.5 Å². The van der Waals surface area contributed by atoms with Crippen molar-refractivity contribution in [1.82, 2.24) is 28.6 Å². The average Bonchev–Trinajstić information content (AvgIpc) is 3.41. The first-order valence-electron chi connectivity index (χ1n) is 10.8. The fourth-order valence-corrected chi connectivity index (χ4v) is 5.08. The molecule has 0 aromatic carbocycles. The smallest absolute Gasteiger partial charge is 0.312 e. The fourth-order valence-electron chi connectivity index (χ4n) is 3.84. The summed E-state index contributed by atoms with van der Waals surface area (Å²) in [6.45, 7) is 14.9. The highest BCUT2D eigenvalue weighted by atomic mass is 32.2. The number of carbonyl (C=O) groups is 1. The highest BCUT2D eigenvalue weighted by Crippen LogP contribution is 2.34. The molecule has 0 spiro atoms. The molecule has 0 amide bonds. The third-order valence-electron chi connectivity index (χ3n) is 5.92. The number of fused-ring (bicyclic) bond motifs is 1. The molecule has 1 fully saturated rings. The molecule has 1 aliphatic heterocycles.